The van der Waals surface area contributed by atoms with Crippen LogP contribution in [0.2, 0.25) is 0 Å². The Kier molecular flexibility index (Phi) is 6.49. The molecular formula is C27H36N4O3. The number of nitrogens with zero attached hydrogens (tertiary/aromatic N) is 3. The minimum atomic E-state index is -0.149. The van der Waals surface area contributed by atoms with Crippen LogP contribution in [0, 0.1) is 5.92 Å². The maximum Gasteiger partial charge on any atom is 0.230 e. The van der Waals surface area contributed by atoms with E-state index in [2.05, 4.69) is 60.2 Å². The predicted molar refractivity (Wildman–Crippen MR) is 135 cm³/mol. The van der Waals surface area contributed by atoms with Crippen LogP contribution in [0.15, 0.2) is 36.5 Å². The molecule has 1 aliphatic carbocycles. The molecule has 5 rings (SSSR count). The summed E-state index contributed by atoms with van der Waals surface area (Å²) in [7, 11) is 0. The topological polar surface area (TPSA) is 66.9 Å². The van der Waals surface area contributed by atoms with E-state index < -0.39 is 0 Å². The van der Waals surface area contributed by atoms with E-state index in [1.165, 1.54) is 0 Å². The van der Waals surface area contributed by atoms with E-state index in [4.69, 9.17) is 9.47 Å². The van der Waals surface area contributed by atoms with Crippen LogP contribution >= 0.6 is 0 Å². The molecule has 7 heteroatoms. The average molecular weight is 465 g/mol. The number of nitrogens with one attached hydrogen (secondary N) is 1. The molecule has 2 aromatic rings. The summed E-state index contributed by atoms with van der Waals surface area (Å²) in [5.41, 5.74) is 3.86. The third-order valence-electron chi connectivity index (χ3n) is 6.93. The lowest BCUT2D eigenvalue weighted by atomic mass is 9.86. The minimum absolute atomic E-state index is 0.0120. The highest BCUT2D eigenvalue weighted by molar-refractivity contribution is 6.00. The van der Waals surface area contributed by atoms with Crippen molar-refractivity contribution in [1.29, 1.82) is 0 Å². The van der Waals surface area contributed by atoms with Gasteiger partial charge in [0.1, 0.15) is 5.82 Å². The third-order valence-corrected chi connectivity index (χ3v) is 6.93. The molecule has 182 valence electrons. The molecule has 1 saturated carbocycles. The fourth-order valence-electron chi connectivity index (χ4n) is 5.27. The fourth-order valence-corrected chi connectivity index (χ4v) is 5.27. The van der Waals surface area contributed by atoms with Crippen molar-refractivity contribution < 1.29 is 14.3 Å². The first kappa shape index (κ1) is 23.1. The first-order valence-electron chi connectivity index (χ1n) is 12.5. The highest BCUT2D eigenvalue weighted by atomic mass is 16.5. The van der Waals surface area contributed by atoms with Gasteiger partial charge in [-0.25, -0.2) is 4.98 Å². The molecule has 2 aliphatic heterocycles. The zero-order valence-corrected chi connectivity index (χ0v) is 20.5. The first-order valence-corrected chi connectivity index (χ1v) is 12.5. The Morgan fingerprint density at radius 1 is 1.12 bits per heavy atom. The molecule has 1 amide bonds. The van der Waals surface area contributed by atoms with Gasteiger partial charge in [0.25, 0.3) is 0 Å². The average Bonchev–Trinajstić information content (AvgIpc) is 3.00. The number of carbonyl (C=O) groups excluding carboxylic acids is 1. The van der Waals surface area contributed by atoms with E-state index in [0.717, 1.165) is 80.4 Å². The van der Waals surface area contributed by atoms with Crippen molar-refractivity contribution in [2.75, 3.05) is 41.4 Å². The van der Waals surface area contributed by atoms with Gasteiger partial charge in [0, 0.05) is 36.5 Å². The standard InChI is InChI=1S/C27H36N4O3/c1-27(2,3)34-22-9-6-19(7-10-22)26(32)31-18-20-5-4-12-28-25(20)29-23-11-8-21(17-24(23)31)30-13-15-33-16-14-30/h4-5,8,11-12,17,19,22H,6-7,9-10,13-16,18H2,1-3H3,(H,28,29)/t19-,22-. The van der Waals surface area contributed by atoms with Gasteiger partial charge < -0.3 is 24.6 Å². The predicted octanol–water partition coefficient (Wildman–Crippen LogP) is 4.88. The molecule has 1 N–H and O–H groups in total. The van der Waals surface area contributed by atoms with Crippen LogP contribution < -0.4 is 15.1 Å². The van der Waals surface area contributed by atoms with Crippen molar-refractivity contribution in [3.63, 3.8) is 0 Å². The summed E-state index contributed by atoms with van der Waals surface area (Å²) in [4.78, 5) is 22.8. The number of pyridine rings is 1. The summed E-state index contributed by atoms with van der Waals surface area (Å²) in [6.07, 6.45) is 5.61. The third kappa shape index (κ3) is 5.05. The monoisotopic (exact) mass is 464 g/mol. The molecule has 0 radical (unpaired) electrons. The molecule has 3 aliphatic rings. The maximum atomic E-state index is 14.0. The quantitative estimate of drug-likeness (QED) is 0.698. The molecule has 0 unspecified atom stereocenters. The second-order valence-electron chi connectivity index (χ2n) is 10.6. The van der Waals surface area contributed by atoms with E-state index >= 15 is 0 Å². The molecule has 7 nitrogen and oxygen atoms in total. The molecule has 0 atom stereocenters. The Bertz CT molecular complexity index is 1020. The molecule has 2 fully saturated rings. The lowest BCUT2D eigenvalue weighted by molar-refractivity contribution is -0.126. The number of morpholine rings is 1. The van der Waals surface area contributed by atoms with Gasteiger partial charge in [0.2, 0.25) is 5.91 Å². The van der Waals surface area contributed by atoms with Crippen LogP contribution in [0.1, 0.15) is 52.0 Å². The summed E-state index contributed by atoms with van der Waals surface area (Å²) in [6, 6.07) is 10.4. The molecule has 3 heterocycles. The number of carbonyl (C=O) groups is 1. The maximum absolute atomic E-state index is 14.0. The van der Waals surface area contributed by atoms with Crippen LogP contribution in [0.5, 0.6) is 0 Å². The summed E-state index contributed by atoms with van der Waals surface area (Å²) in [5, 5.41) is 3.49. The van der Waals surface area contributed by atoms with Crippen LogP contribution in [-0.2, 0) is 20.8 Å². The lowest BCUT2D eigenvalue weighted by Crippen LogP contribution is -2.39. The number of aromatic nitrogens is 1. The largest absolute Gasteiger partial charge is 0.378 e. The first-order chi connectivity index (χ1) is 16.4. The van der Waals surface area contributed by atoms with Gasteiger partial charge in [-0.15, -0.1) is 0 Å². The van der Waals surface area contributed by atoms with Gasteiger partial charge in [-0.3, -0.25) is 4.79 Å². The van der Waals surface area contributed by atoms with Gasteiger partial charge in [-0.05, 0) is 70.7 Å². The second-order valence-corrected chi connectivity index (χ2v) is 10.6. The molecule has 0 bridgehead atoms. The Balaban J connectivity index is 1.42. The van der Waals surface area contributed by atoms with Gasteiger partial charge in [0.15, 0.2) is 0 Å². The van der Waals surface area contributed by atoms with Gasteiger partial charge >= 0.3 is 0 Å². The molecule has 0 spiro atoms. The van der Waals surface area contributed by atoms with Crippen molar-refractivity contribution in [3.05, 3.63) is 42.1 Å². The van der Waals surface area contributed by atoms with Crippen molar-refractivity contribution in [2.45, 2.75) is 64.7 Å². The molecule has 34 heavy (non-hydrogen) atoms. The van der Waals surface area contributed by atoms with E-state index in [-0.39, 0.29) is 23.5 Å². The van der Waals surface area contributed by atoms with Gasteiger partial charge in [-0.2, -0.15) is 0 Å². The number of ether oxygens (including phenoxy) is 2. The Labute approximate surface area is 202 Å². The Hall–Kier alpha value is -2.64. The van der Waals surface area contributed by atoms with Crippen molar-refractivity contribution in [1.82, 2.24) is 4.98 Å². The number of fused-ring (bicyclic) bond motifs is 2. The number of rotatable bonds is 3. The van der Waals surface area contributed by atoms with Crippen LogP contribution in [0.25, 0.3) is 0 Å². The Morgan fingerprint density at radius 2 is 1.88 bits per heavy atom. The minimum Gasteiger partial charge on any atom is -0.378 e. The zero-order chi connectivity index (χ0) is 23.7. The number of hydrogen-bond acceptors (Lipinski definition) is 6. The normalized spacial score (nSPS) is 22.9. The smallest absolute Gasteiger partial charge is 0.230 e. The van der Waals surface area contributed by atoms with Crippen LogP contribution in [-0.4, -0.2) is 48.9 Å². The number of hydrogen-bond donors (Lipinski definition) is 1. The van der Waals surface area contributed by atoms with Gasteiger partial charge in [-0.1, -0.05) is 6.07 Å². The van der Waals surface area contributed by atoms with Gasteiger partial charge in [0.05, 0.1) is 42.8 Å². The Morgan fingerprint density at radius 3 is 2.62 bits per heavy atom. The highest BCUT2D eigenvalue weighted by Crippen LogP contribution is 2.40. The SMILES string of the molecule is CC(C)(C)O[C@H]1CC[C@H](C(=O)N2Cc3cccnc3Nc3ccc(N4CCOCC4)cc32)CC1. The number of amides is 1. The van der Waals surface area contributed by atoms with Crippen molar-refractivity contribution in [2.24, 2.45) is 5.92 Å². The molecule has 1 aromatic carbocycles. The van der Waals surface area contributed by atoms with E-state index in [1.807, 2.05) is 11.0 Å². The summed E-state index contributed by atoms with van der Waals surface area (Å²) >= 11 is 0. The van der Waals surface area contributed by atoms with Crippen LogP contribution in [0.3, 0.4) is 0 Å². The van der Waals surface area contributed by atoms with E-state index in [9.17, 15) is 4.79 Å². The van der Waals surface area contributed by atoms with E-state index in [0.29, 0.717) is 6.54 Å². The summed E-state index contributed by atoms with van der Waals surface area (Å²) in [6.45, 7) is 10.0. The molecular weight excluding hydrogens is 428 g/mol. The van der Waals surface area contributed by atoms with E-state index in [1.54, 1.807) is 6.20 Å². The molecule has 1 aromatic heterocycles. The number of anilines is 4. The number of benzene rings is 1. The highest BCUT2D eigenvalue weighted by Gasteiger charge is 2.34. The van der Waals surface area contributed by atoms with Crippen LogP contribution in [0.4, 0.5) is 22.9 Å². The lowest BCUT2D eigenvalue weighted by Gasteiger charge is -2.35. The summed E-state index contributed by atoms with van der Waals surface area (Å²) < 4.78 is 11.7. The summed E-state index contributed by atoms with van der Waals surface area (Å²) in [5.74, 6) is 1.03. The zero-order valence-electron chi connectivity index (χ0n) is 20.5. The fraction of sp³-hybridized carbons (Fsp3) is 0.556. The second kappa shape index (κ2) is 9.55. The molecule has 1 saturated heterocycles. The van der Waals surface area contributed by atoms with Crippen molar-refractivity contribution in [3.8, 4) is 0 Å². The van der Waals surface area contributed by atoms with Crippen molar-refractivity contribution >= 4 is 28.8 Å².